The second-order valence-corrected chi connectivity index (χ2v) is 8.44. The lowest BCUT2D eigenvalue weighted by Crippen LogP contribution is -2.19. The molecule has 9 heteroatoms. The van der Waals surface area contributed by atoms with Crippen molar-refractivity contribution in [3.05, 3.63) is 102 Å². The van der Waals surface area contributed by atoms with Gasteiger partial charge in [0.25, 0.3) is 5.89 Å². The Morgan fingerprint density at radius 1 is 0.972 bits per heavy atom. The van der Waals surface area contributed by atoms with Crippen molar-refractivity contribution in [2.24, 2.45) is 0 Å². The average Bonchev–Trinajstić information content (AvgIpc) is 3.53. The van der Waals surface area contributed by atoms with E-state index in [9.17, 15) is 9.18 Å². The molecule has 36 heavy (non-hydrogen) atoms. The predicted octanol–water partition coefficient (Wildman–Crippen LogP) is 6.05. The van der Waals surface area contributed by atoms with E-state index >= 15 is 0 Å². The molecule has 0 aliphatic rings. The number of hydrogen-bond acceptors (Lipinski definition) is 5. The van der Waals surface area contributed by atoms with Gasteiger partial charge in [0.2, 0.25) is 5.82 Å². The standard InChI is InChI=1S/C27H23FN6O2/c1-17-6-9-23(12-18(17)2)31-27(35)30-22-10-7-19(8-11-22)14-34-15-24(29-16-34)26-32-25(33-36-26)20-4-3-5-21(28)13-20/h3-13,15-16H,14H2,1-2H3,(H2,30,31,35). The number of halogens is 1. The number of hydrogen-bond donors (Lipinski definition) is 2. The van der Waals surface area contributed by atoms with Gasteiger partial charge in [-0.25, -0.2) is 14.2 Å². The van der Waals surface area contributed by atoms with Crippen LogP contribution in [-0.2, 0) is 6.54 Å². The van der Waals surface area contributed by atoms with Crippen LogP contribution in [0.2, 0.25) is 0 Å². The van der Waals surface area contributed by atoms with E-state index in [2.05, 4.69) is 25.8 Å². The van der Waals surface area contributed by atoms with E-state index in [0.29, 0.717) is 29.3 Å². The van der Waals surface area contributed by atoms with E-state index < -0.39 is 0 Å². The summed E-state index contributed by atoms with van der Waals surface area (Å²) in [5.74, 6) is 0.178. The molecule has 3 aromatic carbocycles. The van der Waals surface area contributed by atoms with Gasteiger partial charge >= 0.3 is 6.03 Å². The smallest absolute Gasteiger partial charge is 0.323 e. The van der Waals surface area contributed by atoms with Crippen LogP contribution >= 0.6 is 0 Å². The van der Waals surface area contributed by atoms with Crippen LogP contribution in [0.4, 0.5) is 20.6 Å². The Morgan fingerprint density at radius 2 is 1.75 bits per heavy atom. The van der Waals surface area contributed by atoms with Crippen LogP contribution in [0.25, 0.3) is 23.0 Å². The zero-order chi connectivity index (χ0) is 25.1. The van der Waals surface area contributed by atoms with E-state index in [1.54, 1.807) is 24.7 Å². The maximum absolute atomic E-state index is 13.5. The van der Waals surface area contributed by atoms with Crippen LogP contribution in [0.3, 0.4) is 0 Å². The molecule has 0 saturated carbocycles. The Morgan fingerprint density at radius 3 is 2.53 bits per heavy atom. The molecule has 0 fully saturated rings. The number of imidazole rings is 1. The molecule has 0 spiro atoms. The largest absolute Gasteiger partial charge is 0.332 e. The minimum absolute atomic E-state index is 0.252. The maximum Gasteiger partial charge on any atom is 0.323 e. The van der Waals surface area contributed by atoms with Crippen LogP contribution in [0, 0.1) is 19.7 Å². The molecule has 0 aliphatic heterocycles. The van der Waals surface area contributed by atoms with Crippen molar-refractivity contribution >= 4 is 17.4 Å². The van der Waals surface area contributed by atoms with Gasteiger partial charge < -0.3 is 19.7 Å². The van der Waals surface area contributed by atoms with E-state index in [1.165, 1.54) is 17.7 Å². The quantitative estimate of drug-likeness (QED) is 0.307. The normalized spacial score (nSPS) is 10.9. The maximum atomic E-state index is 13.5. The van der Waals surface area contributed by atoms with Crippen LogP contribution in [0.1, 0.15) is 16.7 Å². The Kier molecular flexibility index (Phi) is 6.27. The first-order chi connectivity index (χ1) is 17.4. The summed E-state index contributed by atoms with van der Waals surface area (Å²) < 4.78 is 20.7. The molecule has 5 rings (SSSR count). The number of carbonyl (C=O) groups excluding carboxylic acids is 1. The lowest BCUT2D eigenvalue weighted by molar-refractivity contribution is 0.262. The lowest BCUT2D eigenvalue weighted by Gasteiger charge is -2.10. The summed E-state index contributed by atoms with van der Waals surface area (Å²) in [5, 5.41) is 9.61. The third-order valence-corrected chi connectivity index (χ3v) is 5.70. The highest BCUT2D eigenvalue weighted by atomic mass is 19.1. The molecule has 180 valence electrons. The van der Waals surface area contributed by atoms with Crippen LogP contribution in [0.15, 0.2) is 83.8 Å². The minimum atomic E-state index is -0.369. The zero-order valence-corrected chi connectivity index (χ0v) is 19.7. The van der Waals surface area contributed by atoms with Gasteiger partial charge in [0.15, 0.2) is 0 Å². The number of nitrogens with zero attached hydrogens (tertiary/aromatic N) is 4. The number of anilines is 2. The van der Waals surface area contributed by atoms with E-state index in [4.69, 9.17) is 4.52 Å². The fraction of sp³-hybridized carbons (Fsp3) is 0.111. The van der Waals surface area contributed by atoms with Gasteiger partial charge in [-0.15, -0.1) is 0 Å². The fourth-order valence-corrected chi connectivity index (χ4v) is 3.65. The molecule has 0 radical (unpaired) electrons. The number of rotatable bonds is 6. The zero-order valence-electron chi connectivity index (χ0n) is 19.7. The molecule has 2 N–H and O–H groups in total. The highest BCUT2D eigenvalue weighted by Gasteiger charge is 2.14. The van der Waals surface area contributed by atoms with Gasteiger partial charge in [0.05, 0.1) is 6.33 Å². The number of benzene rings is 3. The summed E-state index contributed by atoms with van der Waals surface area (Å²) in [7, 11) is 0. The Balaban J connectivity index is 1.19. The molecule has 0 saturated heterocycles. The van der Waals surface area contributed by atoms with E-state index in [0.717, 1.165) is 16.8 Å². The van der Waals surface area contributed by atoms with Crippen molar-refractivity contribution in [2.45, 2.75) is 20.4 Å². The molecule has 2 amide bonds. The third kappa shape index (κ3) is 5.30. The third-order valence-electron chi connectivity index (χ3n) is 5.70. The Hall–Kier alpha value is -4.79. The van der Waals surface area contributed by atoms with Crippen LogP contribution in [-0.4, -0.2) is 25.7 Å². The number of aryl methyl sites for hydroxylation is 2. The molecule has 8 nitrogen and oxygen atoms in total. The van der Waals surface area contributed by atoms with Gasteiger partial charge in [0.1, 0.15) is 11.5 Å². The monoisotopic (exact) mass is 482 g/mol. The number of aromatic nitrogens is 4. The van der Waals surface area contributed by atoms with Crippen molar-refractivity contribution in [2.75, 3.05) is 10.6 Å². The fourth-order valence-electron chi connectivity index (χ4n) is 3.65. The topological polar surface area (TPSA) is 97.9 Å². The predicted molar refractivity (Wildman–Crippen MR) is 135 cm³/mol. The van der Waals surface area contributed by atoms with Crippen LogP contribution in [0.5, 0.6) is 0 Å². The average molecular weight is 483 g/mol. The summed E-state index contributed by atoms with van der Waals surface area (Å²) in [5.41, 5.74) is 5.78. The van der Waals surface area contributed by atoms with Crippen molar-refractivity contribution in [3.8, 4) is 23.0 Å². The second-order valence-electron chi connectivity index (χ2n) is 8.44. The molecule has 0 unspecified atom stereocenters. The minimum Gasteiger partial charge on any atom is -0.332 e. The van der Waals surface area contributed by atoms with Crippen LogP contribution < -0.4 is 10.6 Å². The van der Waals surface area contributed by atoms with Gasteiger partial charge in [0, 0.05) is 29.7 Å². The molecule has 0 bridgehead atoms. The molecule has 0 atom stereocenters. The SMILES string of the molecule is Cc1ccc(NC(=O)Nc2ccc(Cn3cnc(-c4nc(-c5cccc(F)c5)no4)c3)cc2)cc1C. The highest BCUT2D eigenvalue weighted by Crippen LogP contribution is 2.22. The van der Waals surface area contributed by atoms with Crippen molar-refractivity contribution < 1.29 is 13.7 Å². The summed E-state index contributed by atoms with van der Waals surface area (Å²) in [6.45, 7) is 4.60. The summed E-state index contributed by atoms with van der Waals surface area (Å²) >= 11 is 0. The first-order valence-electron chi connectivity index (χ1n) is 11.3. The van der Waals surface area contributed by atoms with Crippen molar-refractivity contribution in [1.82, 2.24) is 19.7 Å². The van der Waals surface area contributed by atoms with E-state index in [-0.39, 0.29) is 17.7 Å². The van der Waals surface area contributed by atoms with E-state index in [1.807, 2.05) is 60.9 Å². The molecular weight excluding hydrogens is 459 g/mol. The molecule has 2 heterocycles. The summed E-state index contributed by atoms with van der Waals surface area (Å²) in [6, 6.07) is 19.0. The lowest BCUT2D eigenvalue weighted by atomic mass is 10.1. The summed E-state index contributed by atoms with van der Waals surface area (Å²) in [4.78, 5) is 21.0. The number of urea groups is 1. The van der Waals surface area contributed by atoms with Gasteiger partial charge in [-0.05, 0) is 66.9 Å². The van der Waals surface area contributed by atoms with Gasteiger partial charge in [-0.3, -0.25) is 0 Å². The second kappa shape index (κ2) is 9.83. The molecule has 2 aromatic heterocycles. The van der Waals surface area contributed by atoms with Crippen molar-refractivity contribution in [3.63, 3.8) is 0 Å². The number of amides is 2. The first-order valence-corrected chi connectivity index (χ1v) is 11.3. The van der Waals surface area contributed by atoms with Gasteiger partial charge in [-0.2, -0.15) is 4.98 Å². The van der Waals surface area contributed by atoms with Gasteiger partial charge in [-0.1, -0.05) is 35.5 Å². The number of nitrogens with one attached hydrogen (secondary N) is 2. The Bertz CT molecular complexity index is 1520. The Labute approximate surface area is 206 Å². The molecular formula is C27H23FN6O2. The number of carbonyl (C=O) groups is 1. The molecule has 0 aliphatic carbocycles. The van der Waals surface area contributed by atoms with Crippen molar-refractivity contribution in [1.29, 1.82) is 0 Å². The molecule has 5 aromatic rings. The first kappa shape index (κ1) is 23.0. The highest BCUT2D eigenvalue weighted by molar-refractivity contribution is 5.99. The summed E-state index contributed by atoms with van der Waals surface area (Å²) in [6.07, 6.45) is 3.47.